The summed E-state index contributed by atoms with van der Waals surface area (Å²) in [5.41, 5.74) is 6.03. The number of nitrogens with one attached hydrogen (secondary N) is 1. The van der Waals surface area contributed by atoms with E-state index >= 15 is 0 Å². The Bertz CT molecular complexity index is 575. The summed E-state index contributed by atoms with van der Waals surface area (Å²) in [4.78, 5) is 11.9. The highest BCUT2D eigenvalue weighted by atomic mass is 79.9. The van der Waals surface area contributed by atoms with Gasteiger partial charge in [-0.15, -0.1) is 13.2 Å². The Hall–Kier alpha value is -1.54. The number of benzene rings is 1. The highest BCUT2D eigenvalue weighted by Crippen LogP contribution is 2.32. The summed E-state index contributed by atoms with van der Waals surface area (Å²) < 4.78 is 40.3. The molecule has 0 fully saturated rings. The standard InChI is InChI=1S/C13H12BrF3N2O2/c14-10-6-9(3-4-11(10)21-13(15,16)17)19-12(20)7-1-2-8(18)5-7/h1-4,6-8H,5,18H2,(H,19,20). The van der Waals surface area contributed by atoms with Gasteiger partial charge in [0.15, 0.2) is 0 Å². The summed E-state index contributed by atoms with van der Waals surface area (Å²) >= 11 is 2.97. The molecule has 2 atom stereocenters. The number of halogens is 4. The van der Waals surface area contributed by atoms with Crippen molar-refractivity contribution in [2.75, 3.05) is 5.32 Å². The first-order valence-electron chi connectivity index (χ1n) is 6.04. The van der Waals surface area contributed by atoms with Crippen LogP contribution in [-0.2, 0) is 4.79 Å². The molecule has 1 aromatic rings. The van der Waals surface area contributed by atoms with E-state index in [0.717, 1.165) is 6.07 Å². The lowest BCUT2D eigenvalue weighted by Gasteiger charge is -2.13. The van der Waals surface area contributed by atoms with E-state index in [2.05, 4.69) is 26.0 Å². The molecule has 0 aliphatic heterocycles. The van der Waals surface area contributed by atoms with Crippen molar-refractivity contribution in [2.24, 2.45) is 11.7 Å². The molecule has 2 unspecified atom stereocenters. The second-order valence-corrected chi connectivity index (χ2v) is 5.43. The maximum absolute atomic E-state index is 12.1. The molecule has 0 heterocycles. The number of alkyl halides is 3. The lowest BCUT2D eigenvalue weighted by Crippen LogP contribution is -2.24. The molecule has 1 amide bonds. The van der Waals surface area contributed by atoms with Crippen molar-refractivity contribution in [3.8, 4) is 5.75 Å². The van der Waals surface area contributed by atoms with E-state index < -0.39 is 6.36 Å². The van der Waals surface area contributed by atoms with Crippen molar-refractivity contribution in [3.05, 3.63) is 34.8 Å². The molecule has 0 spiro atoms. The largest absolute Gasteiger partial charge is 0.573 e. The number of rotatable bonds is 3. The highest BCUT2D eigenvalue weighted by Gasteiger charge is 2.32. The van der Waals surface area contributed by atoms with E-state index in [9.17, 15) is 18.0 Å². The molecule has 3 N–H and O–H groups in total. The van der Waals surface area contributed by atoms with E-state index in [1.807, 2.05) is 0 Å². The van der Waals surface area contributed by atoms with Crippen LogP contribution in [0.25, 0.3) is 0 Å². The number of hydrogen-bond donors (Lipinski definition) is 2. The Morgan fingerprint density at radius 1 is 1.38 bits per heavy atom. The van der Waals surface area contributed by atoms with Gasteiger partial charge in [-0.1, -0.05) is 12.2 Å². The first-order chi connectivity index (χ1) is 9.74. The normalized spacial score (nSPS) is 21.4. The molecule has 114 valence electrons. The molecule has 4 nitrogen and oxygen atoms in total. The van der Waals surface area contributed by atoms with Gasteiger partial charge in [0.2, 0.25) is 5.91 Å². The number of anilines is 1. The Balaban J connectivity index is 2.03. The second kappa shape index (κ2) is 6.07. The van der Waals surface area contributed by atoms with E-state index in [-0.39, 0.29) is 28.1 Å². The molecule has 0 saturated carbocycles. The third-order valence-electron chi connectivity index (χ3n) is 2.88. The predicted molar refractivity (Wildman–Crippen MR) is 74.7 cm³/mol. The van der Waals surface area contributed by atoms with E-state index in [1.165, 1.54) is 12.1 Å². The van der Waals surface area contributed by atoms with Crippen molar-refractivity contribution in [1.29, 1.82) is 0 Å². The molecule has 1 aliphatic rings. The van der Waals surface area contributed by atoms with Crippen LogP contribution in [-0.4, -0.2) is 18.3 Å². The highest BCUT2D eigenvalue weighted by molar-refractivity contribution is 9.10. The van der Waals surface area contributed by atoms with Gasteiger partial charge in [0.1, 0.15) is 5.75 Å². The number of nitrogens with two attached hydrogens (primary N) is 1. The summed E-state index contributed by atoms with van der Waals surface area (Å²) in [6.45, 7) is 0. The zero-order valence-electron chi connectivity index (χ0n) is 10.7. The van der Waals surface area contributed by atoms with Gasteiger partial charge in [-0.05, 0) is 40.5 Å². The molecular formula is C13H12BrF3N2O2. The van der Waals surface area contributed by atoms with Crippen LogP contribution in [0.5, 0.6) is 5.75 Å². The fraction of sp³-hybridized carbons (Fsp3) is 0.308. The average Bonchev–Trinajstić information content (AvgIpc) is 2.78. The van der Waals surface area contributed by atoms with Crippen LogP contribution < -0.4 is 15.8 Å². The van der Waals surface area contributed by atoms with Crippen LogP contribution in [0.4, 0.5) is 18.9 Å². The first kappa shape index (κ1) is 15.8. The molecule has 0 saturated heterocycles. The Kier molecular flexibility index (Phi) is 4.58. The minimum Gasteiger partial charge on any atom is -0.405 e. The molecule has 0 bridgehead atoms. The summed E-state index contributed by atoms with van der Waals surface area (Å²) in [5.74, 6) is -0.955. The van der Waals surface area contributed by atoms with Crippen molar-refractivity contribution in [2.45, 2.75) is 18.8 Å². The predicted octanol–water partition coefficient (Wildman–Crippen LogP) is 3.19. The molecule has 2 rings (SSSR count). The molecule has 1 aromatic carbocycles. The van der Waals surface area contributed by atoms with Gasteiger partial charge in [0.05, 0.1) is 10.4 Å². The van der Waals surface area contributed by atoms with Crippen molar-refractivity contribution in [3.63, 3.8) is 0 Å². The summed E-state index contributed by atoms with van der Waals surface area (Å²) in [7, 11) is 0. The number of carbonyl (C=O) groups excluding carboxylic acids is 1. The van der Waals surface area contributed by atoms with Gasteiger partial charge < -0.3 is 15.8 Å². The van der Waals surface area contributed by atoms with Gasteiger partial charge in [0.25, 0.3) is 0 Å². The van der Waals surface area contributed by atoms with Crippen molar-refractivity contribution < 1.29 is 22.7 Å². The fourth-order valence-electron chi connectivity index (χ4n) is 1.94. The van der Waals surface area contributed by atoms with Crippen molar-refractivity contribution >= 4 is 27.5 Å². The molecule has 8 heteroatoms. The first-order valence-corrected chi connectivity index (χ1v) is 6.84. The van der Waals surface area contributed by atoms with Crippen LogP contribution in [0, 0.1) is 5.92 Å². The van der Waals surface area contributed by atoms with Crippen LogP contribution in [0.2, 0.25) is 0 Å². The lowest BCUT2D eigenvalue weighted by atomic mass is 10.1. The summed E-state index contributed by atoms with van der Waals surface area (Å²) in [6.07, 6.45) is -0.781. The summed E-state index contributed by atoms with van der Waals surface area (Å²) in [5, 5.41) is 2.62. The van der Waals surface area contributed by atoms with E-state index in [0.29, 0.717) is 12.1 Å². The Labute approximate surface area is 127 Å². The molecule has 21 heavy (non-hydrogen) atoms. The molecular weight excluding hydrogens is 353 g/mol. The van der Waals surface area contributed by atoms with Gasteiger partial charge in [0, 0.05) is 11.7 Å². The maximum atomic E-state index is 12.1. The van der Waals surface area contributed by atoms with Crippen LogP contribution in [0.15, 0.2) is 34.8 Å². The number of ether oxygens (including phenoxy) is 1. The van der Waals surface area contributed by atoms with Gasteiger partial charge in [-0.2, -0.15) is 0 Å². The third kappa shape index (κ3) is 4.47. The Morgan fingerprint density at radius 3 is 2.62 bits per heavy atom. The van der Waals surface area contributed by atoms with Crippen LogP contribution in [0.1, 0.15) is 6.42 Å². The number of carbonyl (C=O) groups is 1. The SMILES string of the molecule is NC1C=CC(C(=O)Nc2ccc(OC(F)(F)F)c(Br)c2)C1. The minimum atomic E-state index is -4.77. The topological polar surface area (TPSA) is 64.4 Å². The molecule has 0 aromatic heterocycles. The van der Waals surface area contributed by atoms with Gasteiger partial charge in [-0.3, -0.25) is 4.79 Å². The maximum Gasteiger partial charge on any atom is 0.573 e. The van der Waals surface area contributed by atoms with E-state index in [4.69, 9.17) is 5.73 Å². The van der Waals surface area contributed by atoms with Gasteiger partial charge >= 0.3 is 6.36 Å². The van der Waals surface area contributed by atoms with Crippen molar-refractivity contribution in [1.82, 2.24) is 0 Å². The lowest BCUT2D eigenvalue weighted by molar-refractivity contribution is -0.274. The number of hydrogen-bond acceptors (Lipinski definition) is 3. The molecule has 0 radical (unpaired) electrons. The zero-order chi connectivity index (χ0) is 15.6. The quantitative estimate of drug-likeness (QED) is 0.809. The second-order valence-electron chi connectivity index (χ2n) is 4.57. The average molecular weight is 365 g/mol. The van der Waals surface area contributed by atoms with E-state index in [1.54, 1.807) is 12.2 Å². The summed E-state index contributed by atoms with van der Waals surface area (Å²) in [6, 6.07) is 3.67. The monoisotopic (exact) mass is 364 g/mol. The zero-order valence-corrected chi connectivity index (χ0v) is 12.2. The molecule has 1 aliphatic carbocycles. The fourth-order valence-corrected chi connectivity index (χ4v) is 2.40. The van der Waals surface area contributed by atoms with Crippen LogP contribution in [0.3, 0.4) is 0 Å². The Morgan fingerprint density at radius 2 is 2.10 bits per heavy atom. The smallest absolute Gasteiger partial charge is 0.405 e. The third-order valence-corrected chi connectivity index (χ3v) is 3.50. The van der Waals surface area contributed by atoms with Crippen LogP contribution >= 0.6 is 15.9 Å². The van der Waals surface area contributed by atoms with Gasteiger partial charge in [-0.25, -0.2) is 0 Å². The number of amides is 1. The minimum absolute atomic E-state index is 0.0938.